The topological polar surface area (TPSA) is 50.2 Å². The van der Waals surface area contributed by atoms with Crippen LogP contribution in [0.5, 0.6) is 0 Å². The summed E-state index contributed by atoms with van der Waals surface area (Å²) in [6.45, 7) is 0. The Balaban J connectivity index is 1.84. The molecule has 0 fully saturated rings. The molecule has 1 heterocycles. The summed E-state index contributed by atoms with van der Waals surface area (Å²) < 4.78 is 0. The molecule has 0 aliphatic carbocycles. The van der Waals surface area contributed by atoms with Crippen molar-refractivity contribution in [3.8, 4) is 0 Å². The van der Waals surface area contributed by atoms with Crippen LogP contribution in [0.3, 0.4) is 0 Å². The van der Waals surface area contributed by atoms with Gasteiger partial charge in [-0.05, 0) is 17.7 Å². The minimum absolute atomic E-state index is 0.626. The van der Waals surface area contributed by atoms with E-state index in [2.05, 4.69) is 20.7 Å². The molecule has 20 heavy (non-hydrogen) atoms. The van der Waals surface area contributed by atoms with Gasteiger partial charge in [-0.2, -0.15) is 10.2 Å². The number of anilines is 1. The lowest BCUT2D eigenvalue weighted by Crippen LogP contribution is -1.96. The molecule has 5 heteroatoms. The number of fused-ring (bicyclic) bond motifs is 1. The smallest absolute Gasteiger partial charge is 0.176 e. The molecule has 0 amide bonds. The zero-order chi connectivity index (χ0) is 13.8. The first kappa shape index (κ1) is 12.6. The Hall–Kier alpha value is -2.46. The maximum absolute atomic E-state index is 5.91. The fourth-order valence-electron chi connectivity index (χ4n) is 1.87. The number of hydrogen-bond donors (Lipinski definition) is 1. The fourth-order valence-corrected chi connectivity index (χ4v) is 2.06. The van der Waals surface area contributed by atoms with Gasteiger partial charge in [-0.3, -0.25) is 5.43 Å². The quantitative estimate of drug-likeness (QED) is 0.588. The average Bonchev–Trinajstić information content (AvgIpc) is 2.48. The normalized spacial score (nSPS) is 11.1. The van der Waals surface area contributed by atoms with Gasteiger partial charge in [0.25, 0.3) is 0 Å². The maximum Gasteiger partial charge on any atom is 0.176 e. The Morgan fingerprint density at radius 3 is 2.90 bits per heavy atom. The van der Waals surface area contributed by atoms with E-state index in [1.54, 1.807) is 12.4 Å². The summed E-state index contributed by atoms with van der Waals surface area (Å²) in [5, 5.41) is 14.8. The lowest BCUT2D eigenvalue weighted by atomic mass is 10.2. The summed E-state index contributed by atoms with van der Waals surface area (Å²) in [6.07, 6.45) is 3.41. The number of aromatic nitrogens is 2. The van der Waals surface area contributed by atoms with E-state index >= 15 is 0 Å². The molecule has 0 saturated carbocycles. The lowest BCUT2D eigenvalue weighted by Gasteiger charge is -2.02. The molecule has 0 radical (unpaired) electrons. The number of nitrogens with one attached hydrogen (secondary N) is 1. The largest absolute Gasteiger partial charge is 0.259 e. The van der Waals surface area contributed by atoms with Gasteiger partial charge in [0.2, 0.25) is 0 Å². The van der Waals surface area contributed by atoms with Crippen LogP contribution in [0.25, 0.3) is 10.8 Å². The predicted molar refractivity (Wildman–Crippen MR) is 82.2 cm³/mol. The van der Waals surface area contributed by atoms with Crippen molar-refractivity contribution >= 4 is 34.4 Å². The first-order chi connectivity index (χ1) is 9.83. The molecular formula is C15H11ClN4. The first-order valence-corrected chi connectivity index (χ1v) is 6.46. The summed E-state index contributed by atoms with van der Waals surface area (Å²) in [5.74, 6) is 0.626. The maximum atomic E-state index is 5.91. The highest BCUT2D eigenvalue weighted by Crippen LogP contribution is 2.19. The molecule has 0 aliphatic heterocycles. The van der Waals surface area contributed by atoms with E-state index in [4.69, 9.17) is 11.6 Å². The molecule has 0 spiro atoms. The molecule has 0 bridgehead atoms. The van der Waals surface area contributed by atoms with Crippen LogP contribution >= 0.6 is 11.6 Å². The van der Waals surface area contributed by atoms with Crippen LogP contribution in [0, 0.1) is 0 Å². The highest BCUT2D eigenvalue weighted by molar-refractivity contribution is 6.30. The molecule has 2 aromatic carbocycles. The third-order valence-corrected chi connectivity index (χ3v) is 3.04. The van der Waals surface area contributed by atoms with Gasteiger partial charge < -0.3 is 0 Å². The second-order valence-corrected chi connectivity index (χ2v) is 4.64. The highest BCUT2D eigenvalue weighted by atomic mass is 35.5. The molecule has 98 valence electrons. The monoisotopic (exact) mass is 282 g/mol. The van der Waals surface area contributed by atoms with Gasteiger partial charge in [0.15, 0.2) is 5.82 Å². The van der Waals surface area contributed by atoms with Gasteiger partial charge >= 0.3 is 0 Å². The van der Waals surface area contributed by atoms with Gasteiger partial charge in [-0.15, -0.1) is 5.10 Å². The lowest BCUT2D eigenvalue weighted by molar-refractivity contribution is 1.04. The van der Waals surface area contributed by atoms with E-state index in [1.165, 1.54) is 0 Å². The number of halogens is 1. The minimum atomic E-state index is 0.626. The number of hydrazone groups is 1. The third kappa shape index (κ3) is 2.75. The molecule has 0 saturated heterocycles. The van der Waals surface area contributed by atoms with Crippen molar-refractivity contribution in [3.05, 3.63) is 65.3 Å². The number of nitrogens with zero attached hydrogens (tertiary/aromatic N) is 3. The van der Waals surface area contributed by atoms with E-state index in [0.717, 1.165) is 16.3 Å². The van der Waals surface area contributed by atoms with Crippen molar-refractivity contribution in [2.45, 2.75) is 0 Å². The van der Waals surface area contributed by atoms with E-state index < -0.39 is 0 Å². The Morgan fingerprint density at radius 2 is 2.00 bits per heavy atom. The second kappa shape index (κ2) is 5.67. The molecule has 3 rings (SSSR count). The standard InChI is InChI=1S/C15H11ClN4/c16-13-6-3-4-11(8-13)9-17-19-15-14-7-2-1-5-12(14)10-18-20-15/h1-10H,(H,19,20)/b17-9-. The van der Waals surface area contributed by atoms with E-state index in [-0.39, 0.29) is 0 Å². The minimum Gasteiger partial charge on any atom is -0.259 e. The summed E-state index contributed by atoms with van der Waals surface area (Å²) in [4.78, 5) is 0. The Morgan fingerprint density at radius 1 is 1.10 bits per heavy atom. The Labute approximate surface area is 121 Å². The summed E-state index contributed by atoms with van der Waals surface area (Å²) in [5.41, 5.74) is 3.82. The molecule has 4 nitrogen and oxygen atoms in total. The first-order valence-electron chi connectivity index (χ1n) is 6.08. The van der Waals surface area contributed by atoms with Crippen LogP contribution < -0.4 is 5.43 Å². The summed E-state index contributed by atoms with van der Waals surface area (Å²) in [7, 11) is 0. The van der Waals surface area contributed by atoms with Gasteiger partial charge in [0.1, 0.15) is 0 Å². The van der Waals surface area contributed by atoms with Gasteiger partial charge in [-0.25, -0.2) is 0 Å². The molecule has 3 aromatic rings. The molecule has 0 aliphatic rings. The molecule has 1 aromatic heterocycles. The highest BCUT2D eigenvalue weighted by Gasteiger charge is 2.00. The van der Waals surface area contributed by atoms with Crippen molar-refractivity contribution in [2.75, 3.05) is 5.43 Å². The molecule has 1 N–H and O–H groups in total. The summed E-state index contributed by atoms with van der Waals surface area (Å²) in [6, 6.07) is 15.3. The van der Waals surface area contributed by atoms with Crippen molar-refractivity contribution in [1.82, 2.24) is 10.2 Å². The van der Waals surface area contributed by atoms with E-state index in [9.17, 15) is 0 Å². The van der Waals surface area contributed by atoms with Crippen LogP contribution in [0.4, 0.5) is 5.82 Å². The molecule has 0 atom stereocenters. The van der Waals surface area contributed by atoms with Crippen LogP contribution in [-0.2, 0) is 0 Å². The molecule has 0 unspecified atom stereocenters. The number of benzene rings is 2. The average molecular weight is 283 g/mol. The van der Waals surface area contributed by atoms with Crippen molar-refractivity contribution < 1.29 is 0 Å². The van der Waals surface area contributed by atoms with E-state index in [0.29, 0.717) is 10.8 Å². The SMILES string of the molecule is Clc1cccc(/C=N\Nc2nncc3ccccc23)c1. The van der Waals surface area contributed by atoms with Crippen LogP contribution in [0.15, 0.2) is 59.8 Å². The zero-order valence-corrected chi connectivity index (χ0v) is 11.2. The van der Waals surface area contributed by atoms with Crippen molar-refractivity contribution in [1.29, 1.82) is 0 Å². The molecular weight excluding hydrogens is 272 g/mol. The number of hydrogen-bond acceptors (Lipinski definition) is 4. The summed E-state index contributed by atoms with van der Waals surface area (Å²) >= 11 is 5.91. The number of rotatable bonds is 3. The van der Waals surface area contributed by atoms with E-state index in [1.807, 2.05) is 48.5 Å². The van der Waals surface area contributed by atoms with Gasteiger partial charge in [-0.1, -0.05) is 48.0 Å². The Kier molecular flexibility index (Phi) is 3.56. The zero-order valence-electron chi connectivity index (χ0n) is 10.5. The van der Waals surface area contributed by atoms with Gasteiger partial charge in [0.05, 0.1) is 12.4 Å². The third-order valence-electron chi connectivity index (χ3n) is 2.80. The van der Waals surface area contributed by atoms with Gasteiger partial charge in [0, 0.05) is 15.8 Å². The van der Waals surface area contributed by atoms with Crippen molar-refractivity contribution in [2.24, 2.45) is 5.10 Å². The second-order valence-electron chi connectivity index (χ2n) is 4.21. The Bertz CT molecular complexity index is 765. The fraction of sp³-hybridized carbons (Fsp3) is 0. The van der Waals surface area contributed by atoms with Crippen LogP contribution in [0.1, 0.15) is 5.56 Å². The predicted octanol–water partition coefficient (Wildman–Crippen LogP) is 3.73. The van der Waals surface area contributed by atoms with Crippen LogP contribution in [-0.4, -0.2) is 16.4 Å². The van der Waals surface area contributed by atoms with Crippen LogP contribution in [0.2, 0.25) is 5.02 Å². The van der Waals surface area contributed by atoms with Crippen molar-refractivity contribution in [3.63, 3.8) is 0 Å².